The molecule has 6 aromatic rings. The van der Waals surface area contributed by atoms with Gasteiger partial charge in [-0.15, -0.1) is 11.5 Å². The Morgan fingerprint density at radius 1 is 0.786 bits per heavy atom. The molecule has 0 aliphatic carbocycles. The molecule has 6 rings (SSSR count). The standard InChI is InChI=1S/C38H39N2S.Ir/c1-24(2)29-20-28(27-13-9-8-10-14-27)21-30(25(3)4)36(29)40-34-16-12-11-15-33(34)39-37(40)32-23-41-35-18-17-26(19-31(32)35)22-38(5,6)7;/h8-21,24-25H,22H2,1-7H3;/q-1;. The second-order valence-corrected chi connectivity index (χ2v) is 13.9. The first-order valence-electron chi connectivity index (χ1n) is 14.8. The molecule has 0 amide bonds. The summed E-state index contributed by atoms with van der Waals surface area (Å²) in [6, 6.07) is 31.0. The van der Waals surface area contributed by atoms with Crippen LogP contribution in [-0.2, 0) is 26.5 Å². The Bertz CT molecular complexity index is 1820. The van der Waals surface area contributed by atoms with E-state index in [1.165, 1.54) is 43.6 Å². The van der Waals surface area contributed by atoms with E-state index < -0.39 is 0 Å². The molecule has 217 valence electrons. The van der Waals surface area contributed by atoms with Crippen molar-refractivity contribution in [2.75, 3.05) is 0 Å². The molecule has 2 nitrogen and oxygen atoms in total. The van der Waals surface area contributed by atoms with Crippen molar-refractivity contribution in [3.05, 3.63) is 107 Å². The van der Waals surface area contributed by atoms with Gasteiger partial charge >= 0.3 is 0 Å². The van der Waals surface area contributed by atoms with Crippen LogP contribution in [0.4, 0.5) is 0 Å². The fraction of sp³-hybridized carbons (Fsp3) is 0.289. The van der Waals surface area contributed by atoms with E-state index >= 15 is 0 Å². The molecule has 0 spiro atoms. The quantitative estimate of drug-likeness (QED) is 0.155. The number of hydrogen-bond acceptors (Lipinski definition) is 2. The predicted octanol–water partition coefficient (Wildman–Crippen LogP) is 11.2. The Balaban J connectivity index is 0.00000353. The summed E-state index contributed by atoms with van der Waals surface area (Å²) in [5.41, 5.74) is 11.3. The van der Waals surface area contributed by atoms with Crippen molar-refractivity contribution >= 4 is 32.5 Å². The average molecular weight is 748 g/mol. The summed E-state index contributed by atoms with van der Waals surface area (Å²) in [6.45, 7) is 16.1. The Labute approximate surface area is 268 Å². The molecule has 0 atom stereocenters. The van der Waals surface area contributed by atoms with Gasteiger partial charge in [0.25, 0.3) is 0 Å². The molecular weight excluding hydrogens is 709 g/mol. The maximum atomic E-state index is 5.31. The third-order valence-corrected chi connectivity index (χ3v) is 8.72. The van der Waals surface area contributed by atoms with Crippen molar-refractivity contribution in [2.24, 2.45) is 5.41 Å². The number of hydrogen-bond donors (Lipinski definition) is 0. The molecule has 2 aromatic heterocycles. The Morgan fingerprint density at radius 2 is 1.43 bits per heavy atom. The first-order valence-corrected chi connectivity index (χ1v) is 15.6. The van der Waals surface area contributed by atoms with Crippen LogP contribution in [0, 0.1) is 10.8 Å². The normalized spacial score (nSPS) is 12.0. The number of fused-ring (bicyclic) bond motifs is 2. The maximum absolute atomic E-state index is 5.31. The van der Waals surface area contributed by atoms with Crippen LogP contribution < -0.4 is 0 Å². The van der Waals surface area contributed by atoms with E-state index in [0.717, 1.165) is 28.8 Å². The fourth-order valence-electron chi connectivity index (χ4n) is 5.95. The summed E-state index contributed by atoms with van der Waals surface area (Å²) in [5.74, 6) is 1.64. The van der Waals surface area contributed by atoms with Crippen LogP contribution in [0.15, 0.2) is 84.9 Å². The van der Waals surface area contributed by atoms with Gasteiger partial charge in [-0.1, -0.05) is 124 Å². The third-order valence-electron chi connectivity index (χ3n) is 7.84. The molecule has 0 unspecified atom stereocenters. The molecule has 1 radical (unpaired) electrons. The zero-order valence-corrected chi connectivity index (χ0v) is 28.8. The van der Waals surface area contributed by atoms with Crippen molar-refractivity contribution in [2.45, 2.75) is 66.7 Å². The molecular formula is C38H39IrN2S-. The van der Waals surface area contributed by atoms with Crippen LogP contribution in [0.3, 0.4) is 0 Å². The molecule has 42 heavy (non-hydrogen) atoms. The Hall–Kier alpha value is -3.04. The van der Waals surface area contributed by atoms with Gasteiger partial charge in [0.15, 0.2) is 0 Å². The second kappa shape index (κ2) is 11.9. The number of para-hydroxylation sites is 2. The van der Waals surface area contributed by atoms with Crippen LogP contribution in [0.25, 0.3) is 49.3 Å². The van der Waals surface area contributed by atoms with Crippen molar-refractivity contribution in [3.63, 3.8) is 0 Å². The van der Waals surface area contributed by atoms with E-state index in [4.69, 9.17) is 4.98 Å². The summed E-state index contributed by atoms with van der Waals surface area (Å²) in [5, 5.41) is 4.93. The minimum absolute atomic E-state index is 0. The number of thiophene rings is 1. The summed E-state index contributed by atoms with van der Waals surface area (Å²) >= 11 is 1.69. The SMILES string of the molecule is CC(C)c1cc(-c2ccccc2)cc(C(C)C)c1-n1c(-c2[c-]sc3ccc(CC(C)(C)C)cc23)nc2ccccc21.[Ir]. The van der Waals surface area contributed by atoms with Crippen molar-refractivity contribution in [3.8, 4) is 28.2 Å². The van der Waals surface area contributed by atoms with Crippen LogP contribution in [0.2, 0.25) is 0 Å². The van der Waals surface area contributed by atoms with E-state index in [0.29, 0.717) is 11.8 Å². The Kier molecular flexibility index (Phi) is 8.63. The fourth-order valence-corrected chi connectivity index (χ4v) is 6.77. The van der Waals surface area contributed by atoms with Crippen LogP contribution in [0.1, 0.15) is 77.0 Å². The van der Waals surface area contributed by atoms with Gasteiger partial charge in [-0.2, -0.15) is 0 Å². The van der Waals surface area contributed by atoms with Crippen LogP contribution in [0.5, 0.6) is 0 Å². The molecule has 4 aromatic carbocycles. The number of aromatic nitrogens is 2. The minimum Gasteiger partial charge on any atom is -0.333 e. The minimum atomic E-state index is 0. The van der Waals surface area contributed by atoms with Gasteiger partial charge in [-0.3, -0.25) is 16.3 Å². The molecule has 0 N–H and O–H groups in total. The van der Waals surface area contributed by atoms with E-state index in [-0.39, 0.29) is 25.5 Å². The third kappa shape index (κ3) is 5.78. The summed E-state index contributed by atoms with van der Waals surface area (Å²) < 4.78 is 3.69. The molecule has 0 saturated carbocycles. The predicted molar refractivity (Wildman–Crippen MR) is 177 cm³/mol. The summed E-state index contributed by atoms with van der Waals surface area (Å²) in [4.78, 5) is 5.31. The molecule has 4 heteroatoms. The molecule has 0 bridgehead atoms. The largest absolute Gasteiger partial charge is 0.333 e. The molecule has 0 aliphatic heterocycles. The van der Waals surface area contributed by atoms with E-state index in [2.05, 4.69) is 143 Å². The van der Waals surface area contributed by atoms with Gasteiger partial charge < -0.3 is 4.57 Å². The van der Waals surface area contributed by atoms with Gasteiger partial charge in [0, 0.05) is 25.8 Å². The second-order valence-electron chi connectivity index (χ2n) is 13.1. The first kappa shape index (κ1) is 30.4. The number of imidazole rings is 1. The zero-order valence-electron chi connectivity index (χ0n) is 25.6. The molecule has 0 aliphatic rings. The number of nitrogens with zero attached hydrogens (tertiary/aromatic N) is 2. The van der Waals surface area contributed by atoms with Crippen LogP contribution >= 0.6 is 11.3 Å². The smallest absolute Gasteiger partial charge is 0.0774 e. The van der Waals surface area contributed by atoms with E-state index in [9.17, 15) is 0 Å². The van der Waals surface area contributed by atoms with E-state index in [1.807, 2.05) is 0 Å². The van der Waals surface area contributed by atoms with Crippen molar-refractivity contribution in [1.82, 2.24) is 9.55 Å². The topological polar surface area (TPSA) is 17.8 Å². The van der Waals surface area contributed by atoms with Gasteiger partial charge in [-0.25, -0.2) is 0 Å². The molecule has 2 heterocycles. The maximum Gasteiger partial charge on any atom is 0.0774 e. The monoisotopic (exact) mass is 748 g/mol. The first-order chi connectivity index (χ1) is 19.6. The van der Waals surface area contributed by atoms with Gasteiger partial charge in [-0.05, 0) is 70.2 Å². The van der Waals surface area contributed by atoms with Crippen molar-refractivity contribution in [1.29, 1.82) is 0 Å². The zero-order chi connectivity index (χ0) is 28.9. The van der Waals surface area contributed by atoms with Gasteiger partial charge in [0.2, 0.25) is 0 Å². The van der Waals surface area contributed by atoms with Crippen molar-refractivity contribution < 1.29 is 20.1 Å². The average Bonchev–Trinajstić information content (AvgIpc) is 3.52. The van der Waals surface area contributed by atoms with E-state index in [1.54, 1.807) is 11.3 Å². The van der Waals surface area contributed by atoms with Gasteiger partial charge in [0.1, 0.15) is 0 Å². The number of benzene rings is 4. The Morgan fingerprint density at radius 3 is 2.07 bits per heavy atom. The van der Waals surface area contributed by atoms with Gasteiger partial charge in [0.05, 0.1) is 16.9 Å². The summed E-state index contributed by atoms with van der Waals surface area (Å²) in [7, 11) is 0. The molecule has 0 saturated heterocycles. The molecule has 0 fully saturated rings. The van der Waals surface area contributed by atoms with Crippen LogP contribution in [-0.4, -0.2) is 9.55 Å². The summed E-state index contributed by atoms with van der Waals surface area (Å²) in [6.07, 6.45) is 1.03. The number of rotatable bonds is 6.